The second kappa shape index (κ2) is 5.87. The van der Waals surface area contributed by atoms with Crippen molar-refractivity contribution < 1.29 is 17.2 Å². The van der Waals surface area contributed by atoms with Crippen LogP contribution in [0.1, 0.15) is 18.5 Å². The third-order valence-electron chi connectivity index (χ3n) is 3.25. The summed E-state index contributed by atoms with van der Waals surface area (Å²) in [5.41, 5.74) is 0.357. The average molecular weight is 312 g/mol. The standard InChI is InChI=1S/C14H14F2N2O2S/c1-10(11-6-7-12(15)13(16)9-11)18(2)21(19,20)14-5-3-4-8-17-14/h3-10H,1-2H3/t10-/m0/s1. The highest BCUT2D eigenvalue weighted by Gasteiger charge is 2.27. The molecule has 0 saturated carbocycles. The van der Waals surface area contributed by atoms with Crippen LogP contribution in [0.3, 0.4) is 0 Å². The molecule has 0 spiro atoms. The zero-order valence-corrected chi connectivity index (χ0v) is 12.3. The lowest BCUT2D eigenvalue weighted by molar-refractivity contribution is 0.394. The van der Waals surface area contributed by atoms with Gasteiger partial charge in [0.25, 0.3) is 10.0 Å². The fraction of sp³-hybridized carbons (Fsp3) is 0.214. The van der Waals surface area contributed by atoms with E-state index in [9.17, 15) is 17.2 Å². The number of nitrogens with zero attached hydrogens (tertiary/aromatic N) is 2. The van der Waals surface area contributed by atoms with Gasteiger partial charge < -0.3 is 0 Å². The van der Waals surface area contributed by atoms with Gasteiger partial charge in [-0.05, 0) is 36.8 Å². The maximum Gasteiger partial charge on any atom is 0.260 e. The van der Waals surface area contributed by atoms with Crippen molar-refractivity contribution in [2.45, 2.75) is 18.0 Å². The van der Waals surface area contributed by atoms with Crippen molar-refractivity contribution in [3.63, 3.8) is 0 Å². The van der Waals surface area contributed by atoms with E-state index in [4.69, 9.17) is 0 Å². The third kappa shape index (κ3) is 3.08. The second-order valence-electron chi connectivity index (χ2n) is 4.54. The molecule has 0 amide bonds. The largest absolute Gasteiger partial charge is 0.260 e. The van der Waals surface area contributed by atoms with E-state index in [0.29, 0.717) is 5.56 Å². The van der Waals surface area contributed by atoms with Gasteiger partial charge in [0.15, 0.2) is 16.7 Å². The number of rotatable bonds is 4. The highest BCUT2D eigenvalue weighted by atomic mass is 32.2. The van der Waals surface area contributed by atoms with Crippen LogP contribution in [-0.2, 0) is 10.0 Å². The molecule has 21 heavy (non-hydrogen) atoms. The second-order valence-corrected chi connectivity index (χ2v) is 6.48. The van der Waals surface area contributed by atoms with Crippen molar-refractivity contribution in [1.82, 2.24) is 9.29 Å². The van der Waals surface area contributed by atoms with Gasteiger partial charge in [0.2, 0.25) is 0 Å². The number of hydrogen-bond donors (Lipinski definition) is 0. The minimum Gasteiger partial charge on any atom is -0.243 e. The van der Waals surface area contributed by atoms with Crippen molar-refractivity contribution >= 4 is 10.0 Å². The molecule has 0 aliphatic heterocycles. The molecule has 2 rings (SSSR count). The lowest BCUT2D eigenvalue weighted by Gasteiger charge is -2.24. The smallest absolute Gasteiger partial charge is 0.243 e. The monoisotopic (exact) mass is 312 g/mol. The highest BCUT2D eigenvalue weighted by Crippen LogP contribution is 2.25. The normalized spacial score (nSPS) is 13.4. The van der Waals surface area contributed by atoms with Crippen LogP contribution in [0.15, 0.2) is 47.6 Å². The van der Waals surface area contributed by atoms with Crippen molar-refractivity contribution in [1.29, 1.82) is 0 Å². The van der Waals surface area contributed by atoms with Crippen LogP contribution < -0.4 is 0 Å². The van der Waals surface area contributed by atoms with E-state index in [1.807, 2.05) is 0 Å². The molecule has 1 heterocycles. The molecule has 1 aromatic carbocycles. The molecule has 0 radical (unpaired) electrons. The Morgan fingerprint density at radius 3 is 2.43 bits per heavy atom. The Labute approximate surface area is 122 Å². The molecule has 0 unspecified atom stereocenters. The maximum absolute atomic E-state index is 13.3. The molecule has 2 aromatic rings. The summed E-state index contributed by atoms with van der Waals surface area (Å²) in [5, 5.41) is -0.0954. The molecule has 1 atom stereocenters. The van der Waals surface area contributed by atoms with Gasteiger partial charge in [0, 0.05) is 19.3 Å². The van der Waals surface area contributed by atoms with Crippen LogP contribution >= 0.6 is 0 Å². The molecule has 0 N–H and O–H groups in total. The van der Waals surface area contributed by atoms with E-state index in [-0.39, 0.29) is 5.03 Å². The summed E-state index contributed by atoms with van der Waals surface area (Å²) in [6, 6.07) is 7.21. The van der Waals surface area contributed by atoms with Gasteiger partial charge >= 0.3 is 0 Å². The lowest BCUT2D eigenvalue weighted by Crippen LogP contribution is -2.30. The van der Waals surface area contributed by atoms with Crippen LogP contribution in [0.4, 0.5) is 8.78 Å². The Balaban J connectivity index is 2.34. The van der Waals surface area contributed by atoms with E-state index in [0.717, 1.165) is 16.4 Å². The summed E-state index contributed by atoms with van der Waals surface area (Å²) < 4.78 is 52.1. The van der Waals surface area contributed by atoms with Gasteiger partial charge in [-0.1, -0.05) is 12.1 Å². The molecule has 112 valence electrons. The first-order valence-electron chi connectivity index (χ1n) is 6.18. The molecule has 7 heteroatoms. The van der Waals surface area contributed by atoms with E-state index >= 15 is 0 Å². The van der Waals surface area contributed by atoms with E-state index in [1.54, 1.807) is 19.1 Å². The van der Waals surface area contributed by atoms with E-state index < -0.39 is 27.7 Å². The number of hydrogen-bond acceptors (Lipinski definition) is 3. The zero-order chi connectivity index (χ0) is 15.6. The molecule has 0 fully saturated rings. The zero-order valence-electron chi connectivity index (χ0n) is 11.5. The Kier molecular flexibility index (Phi) is 4.34. The Bertz CT molecular complexity index is 736. The van der Waals surface area contributed by atoms with Crippen molar-refractivity contribution in [3.8, 4) is 0 Å². The predicted octanol–water partition coefficient (Wildman–Crippen LogP) is 2.74. The number of aromatic nitrogens is 1. The quantitative estimate of drug-likeness (QED) is 0.872. The van der Waals surface area contributed by atoms with E-state index in [2.05, 4.69) is 4.98 Å². The Hall–Kier alpha value is -1.86. The molecule has 0 aliphatic rings. The summed E-state index contributed by atoms with van der Waals surface area (Å²) in [7, 11) is -2.43. The van der Waals surface area contributed by atoms with E-state index in [1.165, 1.54) is 25.4 Å². The van der Waals surface area contributed by atoms with Gasteiger partial charge in [0.1, 0.15) is 0 Å². The summed E-state index contributed by atoms with van der Waals surface area (Å²) in [4.78, 5) is 3.82. The molecule has 0 saturated heterocycles. The fourth-order valence-corrected chi connectivity index (χ4v) is 3.12. The molecule has 0 bridgehead atoms. The minimum atomic E-state index is -3.80. The minimum absolute atomic E-state index is 0.0954. The predicted molar refractivity (Wildman–Crippen MR) is 74.0 cm³/mol. The summed E-state index contributed by atoms with van der Waals surface area (Å²) >= 11 is 0. The number of sulfonamides is 1. The molecule has 4 nitrogen and oxygen atoms in total. The van der Waals surface area contributed by atoms with Gasteiger partial charge in [-0.2, -0.15) is 4.31 Å². The third-order valence-corrected chi connectivity index (χ3v) is 5.10. The topological polar surface area (TPSA) is 50.3 Å². The van der Waals surface area contributed by atoms with Crippen molar-refractivity contribution in [3.05, 3.63) is 59.8 Å². The van der Waals surface area contributed by atoms with Crippen molar-refractivity contribution in [2.75, 3.05) is 7.05 Å². The number of benzene rings is 1. The first-order valence-corrected chi connectivity index (χ1v) is 7.62. The fourth-order valence-electron chi connectivity index (χ4n) is 1.84. The molecule has 0 aliphatic carbocycles. The molecular formula is C14H14F2N2O2S. The summed E-state index contributed by atoms with van der Waals surface area (Å²) in [6.07, 6.45) is 1.38. The van der Waals surface area contributed by atoms with Crippen LogP contribution in [0.5, 0.6) is 0 Å². The van der Waals surface area contributed by atoms with Crippen LogP contribution in [0.2, 0.25) is 0 Å². The molecular weight excluding hydrogens is 298 g/mol. The highest BCUT2D eigenvalue weighted by molar-refractivity contribution is 7.89. The van der Waals surface area contributed by atoms with Gasteiger partial charge in [-0.15, -0.1) is 0 Å². The lowest BCUT2D eigenvalue weighted by atomic mass is 10.1. The number of halogens is 2. The Morgan fingerprint density at radius 2 is 1.86 bits per heavy atom. The first kappa shape index (κ1) is 15.5. The summed E-state index contributed by atoms with van der Waals surface area (Å²) in [5.74, 6) is -1.98. The first-order chi connectivity index (χ1) is 9.84. The average Bonchev–Trinajstić information content (AvgIpc) is 2.49. The van der Waals surface area contributed by atoms with Crippen LogP contribution in [-0.4, -0.2) is 24.8 Å². The van der Waals surface area contributed by atoms with Crippen molar-refractivity contribution in [2.24, 2.45) is 0 Å². The maximum atomic E-state index is 13.3. The van der Waals surface area contributed by atoms with Gasteiger partial charge in [0.05, 0.1) is 0 Å². The van der Waals surface area contributed by atoms with Crippen LogP contribution in [0, 0.1) is 11.6 Å². The van der Waals surface area contributed by atoms with Gasteiger partial charge in [-0.25, -0.2) is 22.2 Å². The SMILES string of the molecule is C[C@@H](c1ccc(F)c(F)c1)N(C)S(=O)(=O)c1ccccn1. The van der Waals surface area contributed by atoms with Gasteiger partial charge in [-0.3, -0.25) is 0 Å². The molecule has 1 aromatic heterocycles. The number of pyridine rings is 1. The Morgan fingerprint density at radius 1 is 1.14 bits per heavy atom. The summed E-state index contributed by atoms with van der Waals surface area (Å²) in [6.45, 7) is 1.59. The van der Waals surface area contributed by atoms with Crippen LogP contribution in [0.25, 0.3) is 0 Å².